The van der Waals surface area contributed by atoms with Gasteiger partial charge in [-0.05, 0) is 26.2 Å². The number of aliphatic carboxylic acids is 1. The zero-order valence-corrected chi connectivity index (χ0v) is 11.7. The van der Waals surface area contributed by atoms with Crippen molar-refractivity contribution >= 4 is 11.8 Å². The molecule has 0 aromatic heterocycles. The first-order chi connectivity index (χ1) is 9.56. The molecule has 0 radical (unpaired) electrons. The molecule has 0 bridgehead atoms. The van der Waals surface area contributed by atoms with Gasteiger partial charge >= 0.3 is 5.97 Å². The van der Waals surface area contributed by atoms with Gasteiger partial charge in [0.05, 0.1) is 23.9 Å². The van der Waals surface area contributed by atoms with Crippen LogP contribution in [0.25, 0.3) is 0 Å². The first-order valence-electron chi connectivity index (χ1n) is 7.54. The van der Waals surface area contributed by atoms with Gasteiger partial charge in [-0.1, -0.05) is 12.8 Å². The van der Waals surface area contributed by atoms with Gasteiger partial charge < -0.3 is 15.5 Å². The summed E-state index contributed by atoms with van der Waals surface area (Å²) in [7, 11) is 0. The van der Waals surface area contributed by atoms with E-state index in [1.807, 2.05) is 6.92 Å². The van der Waals surface area contributed by atoms with E-state index in [1.54, 1.807) is 0 Å². The normalized spacial score (nSPS) is 44.4. The molecule has 6 nitrogen and oxygen atoms in total. The minimum atomic E-state index is -0.769. The molecule has 6 atom stereocenters. The number of carbonyl (C=O) groups is 1. The third kappa shape index (κ3) is 2.42. The Morgan fingerprint density at radius 1 is 1.35 bits per heavy atom. The lowest BCUT2D eigenvalue weighted by Gasteiger charge is -2.42. The molecular formula is C14H23N3O3. The van der Waals surface area contributed by atoms with Crippen LogP contribution in [-0.2, 0) is 4.79 Å². The molecule has 6 heteroatoms. The van der Waals surface area contributed by atoms with E-state index in [1.165, 1.54) is 0 Å². The van der Waals surface area contributed by atoms with Gasteiger partial charge in [0.25, 0.3) is 0 Å². The number of aliphatic hydroxyl groups is 1. The molecule has 1 saturated heterocycles. The summed E-state index contributed by atoms with van der Waals surface area (Å²) in [6, 6.07) is -0.117. The van der Waals surface area contributed by atoms with Gasteiger partial charge in [-0.25, -0.2) is 0 Å². The molecular weight excluding hydrogens is 258 g/mol. The van der Waals surface area contributed by atoms with Crippen LogP contribution < -0.4 is 10.6 Å². The molecule has 4 N–H and O–H groups in total. The molecule has 0 amide bonds. The fourth-order valence-corrected chi connectivity index (χ4v) is 3.98. The molecule has 0 aromatic rings. The van der Waals surface area contributed by atoms with E-state index in [-0.39, 0.29) is 30.3 Å². The zero-order valence-electron chi connectivity index (χ0n) is 11.7. The molecule has 1 saturated carbocycles. The molecule has 3 rings (SSSR count). The van der Waals surface area contributed by atoms with Crippen molar-refractivity contribution in [3.05, 3.63) is 0 Å². The number of hydrogen-bond acceptors (Lipinski definition) is 5. The Bertz CT molecular complexity index is 426. The lowest BCUT2D eigenvalue weighted by atomic mass is 9.75. The van der Waals surface area contributed by atoms with Gasteiger partial charge in [0.15, 0.2) is 0 Å². The first kappa shape index (κ1) is 13.8. The second-order valence-electron chi connectivity index (χ2n) is 6.30. The van der Waals surface area contributed by atoms with E-state index in [4.69, 9.17) is 0 Å². The van der Waals surface area contributed by atoms with E-state index in [0.29, 0.717) is 6.42 Å². The molecule has 6 unspecified atom stereocenters. The summed E-state index contributed by atoms with van der Waals surface area (Å²) >= 11 is 0. The Morgan fingerprint density at radius 3 is 2.80 bits per heavy atom. The van der Waals surface area contributed by atoms with Crippen molar-refractivity contribution in [1.29, 1.82) is 0 Å². The maximum atomic E-state index is 11.5. The van der Waals surface area contributed by atoms with Crippen LogP contribution in [0.5, 0.6) is 0 Å². The number of aliphatic imine (C=N–C) groups is 1. The maximum Gasteiger partial charge on any atom is 0.308 e. The summed E-state index contributed by atoms with van der Waals surface area (Å²) in [6.45, 7) is 1.86. The van der Waals surface area contributed by atoms with E-state index in [9.17, 15) is 15.0 Å². The topological polar surface area (TPSA) is 94.0 Å². The van der Waals surface area contributed by atoms with E-state index in [2.05, 4.69) is 15.6 Å². The second-order valence-corrected chi connectivity index (χ2v) is 6.30. The van der Waals surface area contributed by atoms with Crippen molar-refractivity contribution in [3.63, 3.8) is 0 Å². The zero-order chi connectivity index (χ0) is 14.3. The molecule has 1 aliphatic carbocycles. The van der Waals surface area contributed by atoms with Gasteiger partial charge in [-0.3, -0.25) is 15.1 Å². The summed E-state index contributed by atoms with van der Waals surface area (Å²) < 4.78 is 0. The second kappa shape index (κ2) is 5.33. The van der Waals surface area contributed by atoms with Crippen LogP contribution in [0.1, 0.15) is 39.0 Å². The predicted octanol–water partition coefficient (Wildman–Crippen LogP) is 0.317. The summed E-state index contributed by atoms with van der Waals surface area (Å²) in [4.78, 5) is 16.0. The van der Waals surface area contributed by atoms with Crippen molar-refractivity contribution < 1.29 is 15.0 Å². The number of piperidine rings is 1. The summed E-state index contributed by atoms with van der Waals surface area (Å²) in [5, 5.41) is 26.3. The first-order valence-corrected chi connectivity index (χ1v) is 7.54. The number of rotatable bonds is 2. The van der Waals surface area contributed by atoms with Gasteiger partial charge in [-0.15, -0.1) is 0 Å². The Kier molecular flexibility index (Phi) is 3.69. The number of nitrogens with one attached hydrogen (secondary N) is 2. The summed E-state index contributed by atoms with van der Waals surface area (Å²) in [5.74, 6) is -0.262. The number of aliphatic hydroxyl groups excluding tert-OH is 1. The lowest BCUT2D eigenvalue weighted by molar-refractivity contribution is -0.144. The molecule has 2 aliphatic heterocycles. The van der Waals surface area contributed by atoms with Crippen LogP contribution in [0.4, 0.5) is 0 Å². The number of hydrogen-bond donors (Lipinski definition) is 4. The smallest absolute Gasteiger partial charge is 0.308 e. The van der Waals surface area contributed by atoms with Crippen molar-refractivity contribution in [1.82, 2.24) is 10.6 Å². The molecule has 2 fully saturated rings. The van der Waals surface area contributed by atoms with Crippen molar-refractivity contribution in [2.24, 2.45) is 16.8 Å². The van der Waals surface area contributed by atoms with Crippen LogP contribution in [0.3, 0.4) is 0 Å². The quantitative estimate of drug-likeness (QED) is 0.585. The minimum Gasteiger partial charge on any atom is -0.481 e. The van der Waals surface area contributed by atoms with Gasteiger partial charge in [-0.2, -0.15) is 0 Å². The Morgan fingerprint density at radius 2 is 2.10 bits per heavy atom. The monoisotopic (exact) mass is 281 g/mol. The molecule has 0 aromatic carbocycles. The van der Waals surface area contributed by atoms with E-state index >= 15 is 0 Å². The Labute approximate surface area is 118 Å². The Balaban J connectivity index is 1.78. The highest BCUT2D eigenvalue weighted by atomic mass is 16.4. The van der Waals surface area contributed by atoms with Crippen LogP contribution in [0.15, 0.2) is 4.99 Å². The average Bonchev–Trinajstić information content (AvgIpc) is 2.77. The summed E-state index contributed by atoms with van der Waals surface area (Å²) in [6.07, 6.45) is 4.06. The molecule has 0 spiro atoms. The van der Waals surface area contributed by atoms with Gasteiger partial charge in [0.1, 0.15) is 6.17 Å². The maximum absolute atomic E-state index is 11.5. The minimum absolute atomic E-state index is 0.0455. The Hall–Kier alpha value is -1.14. The number of nitrogens with zero attached hydrogens (tertiary/aromatic N) is 1. The number of carboxylic acids is 1. The van der Waals surface area contributed by atoms with Crippen molar-refractivity contribution in [2.45, 2.75) is 63.4 Å². The molecule has 112 valence electrons. The molecule has 20 heavy (non-hydrogen) atoms. The highest BCUT2D eigenvalue weighted by Gasteiger charge is 2.47. The number of fused-ring (bicyclic) bond motifs is 1. The van der Waals surface area contributed by atoms with Crippen LogP contribution >= 0.6 is 0 Å². The standard InChI is InChI=1S/C14H23N3O3/c1-7-15-12-9(14(19)20)6-10(17-13(12)16-7)8-4-2-3-5-11(8)18/h8-13,17-18H,2-6H2,1H3,(H,15,16)(H,19,20). The van der Waals surface area contributed by atoms with E-state index in [0.717, 1.165) is 31.5 Å². The average molecular weight is 281 g/mol. The van der Waals surface area contributed by atoms with Crippen molar-refractivity contribution in [3.8, 4) is 0 Å². The molecule has 3 aliphatic rings. The van der Waals surface area contributed by atoms with Gasteiger partial charge in [0, 0.05) is 12.0 Å². The van der Waals surface area contributed by atoms with Crippen molar-refractivity contribution in [2.75, 3.05) is 0 Å². The third-order valence-corrected chi connectivity index (χ3v) is 4.99. The third-order valence-electron chi connectivity index (χ3n) is 4.99. The predicted molar refractivity (Wildman–Crippen MR) is 74.5 cm³/mol. The van der Waals surface area contributed by atoms with Crippen LogP contribution in [0.2, 0.25) is 0 Å². The summed E-state index contributed by atoms with van der Waals surface area (Å²) in [5.41, 5.74) is 0. The highest BCUT2D eigenvalue weighted by molar-refractivity contribution is 5.83. The SMILES string of the molecule is CC1=NC2NC(C3CCCCC3O)CC(C(=O)O)C2N1. The fourth-order valence-electron chi connectivity index (χ4n) is 3.98. The molecule has 2 heterocycles. The highest BCUT2D eigenvalue weighted by Crippen LogP contribution is 2.34. The number of amidine groups is 1. The van der Waals surface area contributed by atoms with Crippen LogP contribution in [-0.4, -0.2) is 46.4 Å². The lowest BCUT2D eigenvalue weighted by Crippen LogP contribution is -2.61. The number of carboxylic acid groups (broad SMARTS) is 1. The fraction of sp³-hybridized carbons (Fsp3) is 0.857. The van der Waals surface area contributed by atoms with Crippen LogP contribution in [0, 0.1) is 11.8 Å². The largest absolute Gasteiger partial charge is 0.481 e. The van der Waals surface area contributed by atoms with Gasteiger partial charge in [0.2, 0.25) is 0 Å². The van der Waals surface area contributed by atoms with E-state index < -0.39 is 11.9 Å².